The third-order valence-corrected chi connectivity index (χ3v) is 2.27. The van der Waals surface area contributed by atoms with Crippen molar-refractivity contribution in [2.75, 3.05) is 13.6 Å². The molecule has 5 heteroatoms. The largest absolute Gasteiger partial charge is 0.507 e. The zero-order chi connectivity index (χ0) is 12.1. The molecule has 88 valence electrons. The molecule has 0 aliphatic heterocycles. The van der Waals surface area contributed by atoms with E-state index in [0.717, 1.165) is 12.1 Å². The van der Waals surface area contributed by atoms with E-state index in [4.69, 9.17) is 0 Å². The topological polar surface area (TPSA) is 61.4 Å². The van der Waals surface area contributed by atoms with Crippen LogP contribution in [0.5, 0.6) is 5.75 Å². The van der Waals surface area contributed by atoms with E-state index in [9.17, 15) is 14.3 Å². The Morgan fingerprint density at radius 3 is 2.81 bits per heavy atom. The lowest BCUT2D eigenvalue weighted by atomic mass is 10.2. The summed E-state index contributed by atoms with van der Waals surface area (Å²) in [5.41, 5.74) is 0.0738. The number of nitrogens with one attached hydrogen (secondary N) is 2. The first-order valence-electron chi connectivity index (χ1n) is 4.98. The third kappa shape index (κ3) is 3.20. The van der Waals surface area contributed by atoms with Gasteiger partial charge in [-0.2, -0.15) is 0 Å². The minimum atomic E-state index is -0.572. The second kappa shape index (κ2) is 5.46. The number of hydrogen-bond acceptors (Lipinski definition) is 3. The molecule has 1 unspecified atom stereocenters. The van der Waals surface area contributed by atoms with Crippen LogP contribution < -0.4 is 10.6 Å². The van der Waals surface area contributed by atoms with Crippen molar-refractivity contribution in [2.24, 2.45) is 0 Å². The molecule has 3 N–H and O–H groups in total. The Bertz CT molecular complexity index is 382. The molecular weight excluding hydrogens is 211 g/mol. The van der Waals surface area contributed by atoms with Crippen molar-refractivity contribution in [3.8, 4) is 5.75 Å². The highest BCUT2D eigenvalue weighted by molar-refractivity contribution is 5.96. The number of benzene rings is 1. The first kappa shape index (κ1) is 12.4. The molecule has 0 saturated heterocycles. The van der Waals surface area contributed by atoms with Gasteiger partial charge in [0.2, 0.25) is 0 Å². The molecule has 0 fully saturated rings. The number of likely N-dealkylation sites (N-methyl/N-ethyl adjacent to an activating group) is 1. The van der Waals surface area contributed by atoms with Crippen LogP contribution >= 0.6 is 0 Å². The number of carbonyl (C=O) groups excluding carboxylic acids is 1. The van der Waals surface area contributed by atoms with Crippen molar-refractivity contribution in [3.05, 3.63) is 29.6 Å². The second-order valence-corrected chi connectivity index (χ2v) is 3.56. The second-order valence-electron chi connectivity index (χ2n) is 3.56. The Kier molecular flexibility index (Phi) is 4.25. The summed E-state index contributed by atoms with van der Waals surface area (Å²) in [7, 11) is 1.78. The van der Waals surface area contributed by atoms with Crippen LogP contribution in [-0.2, 0) is 0 Å². The summed E-state index contributed by atoms with van der Waals surface area (Å²) in [5, 5.41) is 15.0. The van der Waals surface area contributed by atoms with Gasteiger partial charge in [0.15, 0.2) is 0 Å². The smallest absolute Gasteiger partial charge is 0.255 e. The number of hydrogen-bond donors (Lipinski definition) is 3. The van der Waals surface area contributed by atoms with Gasteiger partial charge in [0.25, 0.3) is 5.91 Å². The lowest BCUT2D eigenvalue weighted by Crippen LogP contribution is -2.37. The van der Waals surface area contributed by atoms with E-state index in [-0.39, 0.29) is 17.4 Å². The van der Waals surface area contributed by atoms with Crippen molar-refractivity contribution in [1.29, 1.82) is 0 Å². The maximum absolute atomic E-state index is 12.7. The van der Waals surface area contributed by atoms with Crippen molar-refractivity contribution in [2.45, 2.75) is 13.0 Å². The van der Waals surface area contributed by atoms with Crippen molar-refractivity contribution < 1.29 is 14.3 Å². The Balaban J connectivity index is 2.66. The first-order chi connectivity index (χ1) is 7.54. The molecule has 1 amide bonds. The molecule has 0 aromatic heterocycles. The van der Waals surface area contributed by atoms with Gasteiger partial charge in [0.05, 0.1) is 5.56 Å². The molecule has 1 atom stereocenters. The predicted octanol–water partition coefficient (Wildman–Crippen LogP) is 0.869. The highest BCUT2D eigenvalue weighted by atomic mass is 19.1. The zero-order valence-corrected chi connectivity index (χ0v) is 9.25. The van der Waals surface area contributed by atoms with Crippen molar-refractivity contribution in [1.82, 2.24) is 10.6 Å². The van der Waals surface area contributed by atoms with E-state index in [2.05, 4.69) is 10.6 Å². The van der Waals surface area contributed by atoms with Crippen LogP contribution in [0.15, 0.2) is 18.2 Å². The number of amides is 1. The van der Waals surface area contributed by atoms with Gasteiger partial charge in [0.1, 0.15) is 11.6 Å². The highest BCUT2D eigenvalue weighted by Gasteiger charge is 2.11. The minimum absolute atomic E-state index is 0.0738. The number of carbonyl (C=O) groups is 1. The zero-order valence-electron chi connectivity index (χ0n) is 9.25. The third-order valence-electron chi connectivity index (χ3n) is 2.27. The molecule has 1 aromatic rings. The number of phenols is 1. The molecule has 1 aromatic carbocycles. The Morgan fingerprint density at radius 2 is 2.25 bits per heavy atom. The van der Waals surface area contributed by atoms with Crippen LogP contribution in [0.3, 0.4) is 0 Å². The Hall–Kier alpha value is -1.62. The lowest BCUT2D eigenvalue weighted by Gasteiger charge is -2.11. The molecule has 0 spiro atoms. The van der Waals surface area contributed by atoms with Gasteiger partial charge in [-0.3, -0.25) is 4.79 Å². The fourth-order valence-electron chi connectivity index (χ4n) is 1.14. The van der Waals surface area contributed by atoms with Gasteiger partial charge in [-0.05, 0) is 26.1 Å². The van der Waals surface area contributed by atoms with Gasteiger partial charge in [-0.25, -0.2) is 4.39 Å². The fourth-order valence-corrected chi connectivity index (χ4v) is 1.14. The molecule has 4 nitrogen and oxygen atoms in total. The average molecular weight is 226 g/mol. The average Bonchev–Trinajstić information content (AvgIpc) is 2.25. The Morgan fingerprint density at radius 1 is 1.56 bits per heavy atom. The number of aromatic hydroxyl groups is 1. The van der Waals surface area contributed by atoms with Crippen LogP contribution in [-0.4, -0.2) is 30.6 Å². The van der Waals surface area contributed by atoms with E-state index in [1.54, 1.807) is 7.05 Å². The summed E-state index contributed by atoms with van der Waals surface area (Å²) in [4.78, 5) is 11.6. The molecule has 0 radical (unpaired) electrons. The summed E-state index contributed by atoms with van der Waals surface area (Å²) in [6.45, 7) is 2.34. The van der Waals surface area contributed by atoms with Gasteiger partial charge in [-0.15, -0.1) is 0 Å². The van der Waals surface area contributed by atoms with E-state index < -0.39 is 11.7 Å². The van der Waals surface area contributed by atoms with E-state index >= 15 is 0 Å². The number of phenolic OH excluding ortho intramolecular Hbond substituents is 1. The summed E-state index contributed by atoms with van der Waals surface area (Å²) < 4.78 is 12.7. The summed E-state index contributed by atoms with van der Waals surface area (Å²) in [6, 6.07) is 3.43. The minimum Gasteiger partial charge on any atom is -0.507 e. The summed E-state index contributed by atoms with van der Waals surface area (Å²) in [5.74, 6) is -1.34. The molecule has 0 saturated carbocycles. The maximum Gasteiger partial charge on any atom is 0.255 e. The molecule has 1 rings (SSSR count). The van der Waals surface area contributed by atoms with Crippen LogP contribution in [0.4, 0.5) is 4.39 Å². The highest BCUT2D eigenvalue weighted by Crippen LogP contribution is 2.17. The molecule has 16 heavy (non-hydrogen) atoms. The Labute approximate surface area is 93.5 Å². The molecule has 0 bridgehead atoms. The first-order valence-corrected chi connectivity index (χ1v) is 4.98. The van der Waals surface area contributed by atoms with Gasteiger partial charge < -0.3 is 15.7 Å². The molecule has 0 heterocycles. The SMILES string of the molecule is CNC(C)CNC(=O)c1ccc(F)cc1O. The van der Waals surface area contributed by atoms with Crippen LogP contribution in [0.2, 0.25) is 0 Å². The molecule has 0 aliphatic rings. The summed E-state index contributed by atoms with van der Waals surface area (Å²) >= 11 is 0. The monoisotopic (exact) mass is 226 g/mol. The maximum atomic E-state index is 12.7. The van der Waals surface area contributed by atoms with Gasteiger partial charge >= 0.3 is 0 Å². The van der Waals surface area contributed by atoms with Crippen LogP contribution in [0.25, 0.3) is 0 Å². The summed E-state index contributed by atoms with van der Waals surface area (Å²) in [6.07, 6.45) is 0. The van der Waals surface area contributed by atoms with E-state index in [0.29, 0.717) is 6.54 Å². The van der Waals surface area contributed by atoms with E-state index in [1.807, 2.05) is 6.92 Å². The standard InChI is InChI=1S/C11H15FN2O2/c1-7(13-2)6-14-11(16)9-4-3-8(12)5-10(9)15/h3-5,7,13,15H,6H2,1-2H3,(H,14,16). The quantitative estimate of drug-likeness (QED) is 0.714. The van der Waals surface area contributed by atoms with Gasteiger partial charge in [-0.1, -0.05) is 0 Å². The van der Waals surface area contributed by atoms with Crippen LogP contribution in [0, 0.1) is 5.82 Å². The van der Waals surface area contributed by atoms with Crippen molar-refractivity contribution >= 4 is 5.91 Å². The molecule has 0 aliphatic carbocycles. The normalized spacial score (nSPS) is 12.2. The van der Waals surface area contributed by atoms with Gasteiger partial charge in [0, 0.05) is 18.7 Å². The van der Waals surface area contributed by atoms with Crippen molar-refractivity contribution in [3.63, 3.8) is 0 Å². The molecular formula is C11H15FN2O2. The van der Waals surface area contributed by atoms with E-state index in [1.165, 1.54) is 6.07 Å². The number of halogens is 1. The number of rotatable bonds is 4. The lowest BCUT2D eigenvalue weighted by molar-refractivity contribution is 0.0948. The predicted molar refractivity (Wildman–Crippen MR) is 58.9 cm³/mol. The van der Waals surface area contributed by atoms with Crippen LogP contribution in [0.1, 0.15) is 17.3 Å². The fraction of sp³-hybridized carbons (Fsp3) is 0.364.